The second-order valence-electron chi connectivity index (χ2n) is 3.17. The van der Waals surface area contributed by atoms with E-state index in [4.69, 9.17) is 0 Å². The largest absolute Gasteiger partial charge is 0.371 e. The third-order valence-electron chi connectivity index (χ3n) is 1.79. The van der Waals surface area contributed by atoms with Gasteiger partial charge in [0.1, 0.15) is 5.65 Å². The summed E-state index contributed by atoms with van der Waals surface area (Å²) in [6, 6.07) is 2.01. The van der Waals surface area contributed by atoms with Gasteiger partial charge in [-0.15, -0.1) is 0 Å². The monoisotopic (exact) mass is 196 g/mol. The second kappa shape index (κ2) is 4.69. The molecule has 2 aromatic heterocycles. The van der Waals surface area contributed by atoms with Crippen LogP contribution >= 0.6 is 0 Å². The van der Waals surface area contributed by atoms with Crippen molar-refractivity contribution in [3.63, 3.8) is 0 Å². The number of aromatic nitrogens is 3. The van der Waals surface area contributed by atoms with Gasteiger partial charge < -0.3 is 10.3 Å². The highest BCUT2D eigenvalue weighted by atomic mass is 15.3. The summed E-state index contributed by atoms with van der Waals surface area (Å²) >= 11 is 0. The van der Waals surface area contributed by atoms with Crippen LogP contribution in [0, 0.1) is 0 Å². The number of fused-ring (bicyclic) bond motifs is 1. The molecule has 4 nitrogen and oxygen atoms in total. The lowest BCUT2D eigenvalue weighted by Gasteiger charge is -1.89. The van der Waals surface area contributed by atoms with Crippen LogP contribution in [0.25, 0.3) is 11.0 Å². The van der Waals surface area contributed by atoms with E-state index in [2.05, 4.69) is 29.2 Å². The molecule has 80 valence electrons. The van der Waals surface area contributed by atoms with Gasteiger partial charge in [-0.3, -0.25) is 0 Å². The van der Waals surface area contributed by atoms with E-state index in [9.17, 15) is 0 Å². The highest BCUT2D eigenvalue weighted by molar-refractivity contribution is 5.87. The summed E-state index contributed by atoms with van der Waals surface area (Å²) in [5, 5.41) is 8.40. The first-order valence-corrected chi connectivity index (χ1v) is 4.92. The molecule has 0 spiro atoms. The number of anilines is 1. The molecule has 0 aliphatic rings. The van der Waals surface area contributed by atoms with Crippen LogP contribution in [0.15, 0.2) is 12.3 Å². The molecule has 0 amide bonds. The second-order valence-corrected chi connectivity index (χ2v) is 3.17. The molecule has 14 heavy (non-hydrogen) atoms. The predicted molar refractivity (Wildman–Crippen MR) is 62.7 cm³/mol. The molecule has 0 aliphatic heterocycles. The van der Waals surface area contributed by atoms with Crippen molar-refractivity contribution < 1.29 is 1.43 Å². The molecule has 0 unspecified atom stereocenters. The summed E-state index contributed by atoms with van der Waals surface area (Å²) in [6.45, 7) is 4.25. The Morgan fingerprint density at radius 3 is 2.79 bits per heavy atom. The first-order valence-electron chi connectivity index (χ1n) is 4.92. The van der Waals surface area contributed by atoms with Gasteiger partial charge in [0, 0.05) is 21.7 Å². The van der Waals surface area contributed by atoms with Crippen LogP contribution in [0.1, 0.15) is 21.7 Å². The Morgan fingerprint density at radius 2 is 2.21 bits per heavy atom. The average molecular weight is 196 g/mol. The molecule has 0 atom stereocenters. The van der Waals surface area contributed by atoms with Gasteiger partial charge in [0.15, 0.2) is 5.82 Å². The molecule has 0 saturated carbocycles. The van der Waals surface area contributed by atoms with Gasteiger partial charge >= 0.3 is 0 Å². The number of nitrogens with one attached hydrogen (secondary N) is 2. The van der Waals surface area contributed by atoms with Gasteiger partial charge in [-0.25, -0.2) is 4.68 Å². The number of aryl methyl sites for hydroxylation is 1. The fraction of sp³-hybridized carbons (Fsp3) is 0.500. The Kier molecular flexibility index (Phi) is 3.56. The number of H-pyrrole nitrogens is 1. The average Bonchev–Trinajstić information content (AvgIpc) is 2.71. The zero-order valence-corrected chi connectivity index (χ0v) is 9.26. The van der Waals surface area contributed by atoms with E-state index in [1.807, 2.05) is 31.0 Å². The Morgan fingerprint density at radius 1 is 1.57 bits per heavy atom. The number of hydrogen-bond acceptors (Lipinski definition) is 2. The summed E-state index contributed by atoms with van der Waals surface area (Å²) in [6.07, 6.45) is 3.16. The Labute approximate surface area is 85.8 Å². The summed E-state index contributed by atoms with van der Waals surface area (Å²) in [5.41, 5.74) is 1.05. The van der Waals surface area contributed by atoms with Crippen LogP contribution in [0.5, 0.6) is 0 Å². The maximum Gasteiger partial charge on any atom is 0.157 e. The van der Waals surface area contributed by atoms with Crippen LogP contribution in [-0.2, 0) is 7.05 Å². The van der Waals surface area contributed by atoms with Crippen LogP contribution < -0.4 is 5.32 Å². The minimum Gasteiger partial charge on any atom is -0.371 e. The Hall–Kier alpha value is -1.45. The summed E-state index contributed by atoms with van der Waals surface area (Å²) in [5.74, 6) is 0.920. The highest BCUT2D eigenvalue weighted by Crippen LogP contribution is 2.19. The first-order chi connectivity index (χ1) is 6.74. The molecule has 2 aromatic rings. The molecule has 2 N–H and O–H groups in total. The fourth-order valence-corrected chi connectivity index (χ4v) is 1.26. The molecule has 0 aromatic carbocycles. The topological polar surface area (TPSA) is 45.6 Å². The van der Waals surface area contributed by atoms with Gasteiger partial charge in [-0.05, 0) is 6.07 Å². The van der Waals surface area contributed by atoms with Crippen molar-refractivity contribution in [3.8, 4) is 0 Å². The molecular formula is C10H20N4. The third-order valence-corrected chi connectivity index (χ3v) is 1.79. The van der Waals surface area contributed by atoms with E-state index in [0.29, 0.717) is 0 Å². The van der Waals surface area contributed by atoms with Crippen molar-refractivity contribution in [2.45, 2.75) is 20.3 Å². The number of hydrogen-bond donors (Lipinski definition) is 2. The van der Waals surface area contributed by atoms with Crippen LogP contribution in [0.2, 0.25) is 0 Å². The van der Waals surface area contributed by atoms with E-state index in [0.717, 1.165) is 16.9 Å². The van der Waals surface area contributed by atoms with Gasteiger partial charge in [0.25, 0.3) is 0 Å². The van der Waals surface area contributed by atoms with Crippen molar-refractivity contribution in [2.24, 2.45) is 7.05 Å². The van der Waals surface area contributed by atoms with Gasteiger partial charge in [-0.2, -0.15) is 5.10 Å². The number of aromatic amines is 1. The maximum absolute atomic E-state index is 4.24. The SMILES string of the molecule is CCC.CNc1nn(C)c2[nH]ccc12.[HH]. The molecular weight excluding hydrogens is 176 g/mol. The van der Waals surface area contributed by atoms with Crippen molar-refractivity contribution in [1.29, 1.82) is 0 Å². The highest BCUT2D eigenvalue weighted by Gasteiger charge is 2.05. The minimum atomic E-state index is 0. The van der Waals surface area contributed by atoms with Gasteiger partial charge in [0.2, 0.25) is 0 Å². The summed E-state index contributed by atoms with van der Waals surface area (Å²) < 4.78 is 1.82. The number of rotatable bonds is 1. The fourth-order valence-electron chi connectivity index (χ4n) is 1.26. The molecule has 2 heterocycles. The van der Waals surface area contributed by atoms with Crippen molar-refractivity contribution >= 4 is 16.9 Å². The van der Waals surface area contributed by atoms with Crippen LogP contribution in [-0.4, -0.2) is 21.8 Å². The van der Waals surface area contributed by atoms with Gasteiger partial charge in [0.05, 0.1) is 5.39 Å². The maximum atomic E-state index is 4.24. The molecule has 0 fully saturated rings. The van der Waals surface area contributed by atoms with Crippen LogP contribution in [0.4, 0.5) is 5.82 Å². The molecule has 0 bridgehead atoms. The van der Waals surface area contributed by atoms with Crippen LogP contribution in [0.3, 0.4) is 0 Å². The first kappa shape index (κ1) is 10.6. The predicted octanol–water partition coefficient (Wildman–Crippen LogP) is 2.61. The minimum absolute atomic E-state index is 0. The van der Waals surface area contributed by atoms with Gasteiger partial charge in [-0.1, -0.05) is 20.3 Å². The lowest BCUT2D eigenvalue weighted by molar-refractivity contribution is 0.790. The number of nitrogens with zero attached hydrogens (tertiary/aromatic N) is 2. The molecule has 0 saturated heterocycles. The molecule has 0 aliphatic carbocycles. The zero-order chi connectivity index (χ0) is 10.6. The lowest BCUT2D eigenvalue weighted by atomic mass is 10.4. The zero-order valence-electron chi connectivity index (χ0n) is 9.26. The Bertz CT molecular complexity index is 391. The van der Waals surface area contributed by atoms with Crippen molar-refractivity contribution in [3.05, 3.63) is 12.3 Å². The lowest BCUT2D eigenvalue weighted by Crippen LogP contribution is -1.93. The molecule has 0 radical (unpaired) electrons. The van der Waals surface area contributed by atoms with E-state index in [1.54, 1.807) is 0 Å². The molecule has 4 heteroatoms. The van der Waals surface area contributed by atoms with Crippen molar-refractivity contribution in [2.75, 3.05) is 12.4 Å². The Balaban J connectivity index is 0.000000443. The van der Waals surface area contributed by atoms with E-state index in [1.165, 1.54) is 6.42 Å². The third kappa shape index (κ3) is 1.89. The standard InChI is InChI=1S/C7H10N4.C3H8.H2/c1-8-6-5-3-4-9-7(5)11(2)10-6;1-3-2;/h3-4,9H,1-2H3,(H,8,10);3H2,1-2H3;1H. The van der Waals surface area contributed by atoms with E-state index < -0.39 is 0 Å². The summed E-state index contributed by atoms with van der Waals surface area (Å²) in [7, 11) is 3.79. The normalized spacial score (nSPS) is 9.71. The van der Waals surface area contributed by atoms with E-state index >= 15 is 0 Å². The van der Waals surface area contributed by atoms with Crippen molar-refractivity contribution in [1.82, 2.24) is 14.8 Å². The quantitative estimate of drug-likeness (QED) is 0.736. The smallest absolute Gasteiger partial charge is 0.157 e. The summed E-state index contributed by atoms with van der Waals surface area (Å²) in [4.78, 5) is 3.10. The molecule has 2 rings (SSSR count). The van der Waals surface area contributed by atoms with E-state index in [-0.39, 0.29) is 1.43 Å².